The van der Waals surface area contributed by atoms with Crippen LogP contribution in [0.5, 0.6) is 0 Å². The summed E-state index contributed by atoms with van der Waals surface area (Å²) >= 11 is 0. The zero-order chi connectivity index (χ0) is 18.4. The van der Waals surface area contributed by atoms with Crippen molar-refractivity contribution in [2.24, 2.45) is 0 Å². The summed E-state index contributed by atoms with van der Waals surface area (Å²) in [6.45, 7) is 1.80. The third-order valence-electron chi connectivity index (χ3n) is 5.92. The van der Waals surface area contributed by atoms with Gasteiger partial charge in [0.2, 0.25) is 0 Å². The second-order valence-electron chi connectivity index (χ2n) is 7.63. The highest BCUT2D eigenvalue weighted by Gasteiger charge is 2.56. The summed E-state index contributed by atoms with van der Waals surface area (Å²) in [7, 11) is 0. The summed E-state index contributed by atoms with van der Waals surface area (Å²) in [5.41, 5.74) is 0.616. The predicted molar refractivity (Wildman–Crippen MR) is 89.7 cm³/mol. The molecule has 0 aromatic heterocycles. The minimum Gasteiger partial charge on any atom is -0.373 e. The Balaban J connectivity index is 1.54. The van der Waals surface area contributed by atoms with E-state index in [1.807, 2.05) is 30.3 Å². The van der Waals surface area contributed by atoms with Gasteiger partial charge in [0.1, 0.15) is 0 Å². The lowest BCUT2D eigenvalue weighted by Gasteiger charge is -2.34. The molecule has 0 unspecified atom stereocenters. The number of alkyl halides is 3. The van der Waals surface area contributed by atoms with Gasteiger partial charge in [-0.3, -0.25) is 4.79 Å². The van der Waals surface area contributed by atoms with Gasteiger partial charge in [-0.2, -0.15) is 13.2 Å². The predicted octanol–water partition coefficient (Wildman–Crippen LogP) is 2.84. The van der Waals surface area contributed by atoms with Crippen LogP contribution in [0.3, 0.4) is 0 Å². The first-order valence-corrected chi connectivity index (χ1v) is 9.19. The number of hydrogen-bond acceptors (Lipinski definition) is 3. The van der Waals surface area contributed by atoms with Crippen LogP contribution >= 0.6 is 0 Å². The summed E-state index contributed by atoms with van der Waals surface area (Å²) < 4.78 is 45.7. The normalized spacial score (nSPS) is 30.3. The molecule has 142 valence electrons. The van der Waals surface area contributed by atoms with Gasteiger partial charge in [0.15, 0.2) is 0 Å². The zero-order valence-electron chi connectivity index (χ0n) is 14.5. The number of amides is 1. The molecule has 1 amide bonds. The average Bonchev–Trinajstić information content (AvgIpc) is 3.31. The van der Waals surface area contributed by atoms with Gasteiger partial charge in [0.25, 0.3) is 0 Å². The van der Waals surface area contributed by atoms with E-state index in [1.54, 1.807) is 0 Å². The molecule has 0 radical (unpaired) electrons. The average molecular weight is 368 g/mol. The molecule has 1 aliphatic carbocycles. The number of nitrogens with zero attached hydrogens (tertiary/aromatic N) is 1. The molecule has 1 saturated carbocycles. The van der Waals surface area contributed by atoms with Crippen molar-refractivity contribution in [3.8, 4) is 0 Å². The molecule has 7 heteroatoms. The van der Waals surface area contributed by atoms with E-state index < -0.39 is 24.2 Å². The molecule has 4 rings (SSSR count). The summed E-state index contributed by atoms with van der Waals surface area (Å²) in [5.74, 6) is -1.74. The lowest BCUT2D eigenvalue weighted by Crippen LogP contribution is -2.50. The van der Waals surface area contributed by atoms with E-state index >= 15 is 0 Å². The van der Waals surface area contributed by atoms with Crippen molar-refractivity contribution >= 4 is 5.91 Å². The van der Waals surface area contributed by atoms with Crippen molar-refractivity contribution in [3.63, 3.8) is 0 Å². The van der Waals surface area contributed by atoms with E-state index in [4.69, 9.17) is 4.74 Å². The van der Waals surface area contributed by atoms with Crippen molar-refractivity contribution in [1.29, 1.82) is 0 Å². The number of ether oxygens (including phenoxy) is 1. The van der Waals surface area contributed by atoms with Crippen LogP contribution < -0.4 is 5.32 Å². The molecule has 1 aromatic carbocycles. The highest BCUT2D eigenvalue weighted by Crippen LogP contribution is 2.49. The Hall–Kier alpha value is -1.60. The molecule has 4 nitrogen and oxygen atoms in total. The van der Waals surface area contributed by atoms with Crippen LogP contribution in [0, 0.1) is 0 Å². The Morgan fingerprint density at radius 1 is 1.19 bits per heavy atom. The fourth-order valence-electron chi connectivity index (χ4n) is 4.51. The molecule has 3 fully saturated rings. The monoisotopic (exact) mass is 368 g/mol. The van der Waals surface area contributed by atoms with Crippen molar-refractivity contribution in [1.82, 2.24) is 10.2 Å². The van der Waals surface area contributed by atoms with Gasteiger partial charge in [0, 0.05) is 12.0 Å². The molecule has 1 N–H and O–H groups in total. The summed E-state index contributed by atoms with van der Waals surface area (Å²) in [6, 6.07) is 8.58. The fraction of sp³-hybridized carbons (Fsp3) is 0.632. The maximum Gasteiger partial charge on any atom is 0.471 e. The van der Waals surface area contributed by atoms with E-state index in [0.717, 1.165) is 36.4 Å². The fourth-order valence-corrected chi connectivity index (χ4v) is 4.51. The van der Waals surface area contributed by atoms with E-state index in [9.17, 15) is 18.0 Å². The Kier molecular flexibility index (Phi) is 4.47. The van der Waals surface area contributed by atoms with Gasteiger partial charge in [-0.15, -0.1) is 0 Å². The quantitative estimate of drug-likeness (QED) is 0.892. The largest absolute Gasteiger partial charge is 0.471 e. The van der Waals surface area contributed by atoms with Gasteiger partial charge in [-0.1, -0.05) is 30.3 Å². The van der Waals surface area contributed by atoms with Crippen molar-refractivity contribution in [2.75, 3.05) is 19.7 Å². The number of carbonyl (C=O) groups is 1. The second-order valence-corrected chi connectivity index (χ2v) is 7.63. The molecule has 2 aliphatic heterocycles. The van der Waals surface area contributed by atoms with Crippen LogP contribution in [0.2, 0.25) is 0 Å². The molecule has 1 aromatic rings. The summed E-state index contributed by atoms with van der Waals surface area (Å²) in [6.07, 6.45) is -2.21. The zero-order valence-corrected chi connectivity index (χ0v) is 14.5. The first-order chi connectivity index (χ1) is 12.4. The van der Waals surface area contributed by atoms with Crippen LogP contribution in [0.15, 0.2) is 30.3 Å². The van der Waals surface area contributed by atoms with Crippen LogP contribution in [0.4, 0.5) is 13.2 Å². The summed E-state index contributed by atoms with van der Waals surface area (Å²) in [4.78, 5) is 13.3. The van der Waals surface area contributed by atoms with Crippen LogP contribution in [0.25, 0.3) is 0 Å². The van der Waals surface area contributed by atoms with E-state index in [2.05, 4.69) is 5.32 Å². The van der Waals surface area contributed by atoms with Gasteiger partial charge < -0.3 is 15.0 Å². The third-order valence-corrected chi connectivity index (χ3v) is 5.92. The number of carbonyl (C=O) groups excluding carboxylic acids is 1. The Labute approximate surface area is 150 Å². The van der Waals surface area contributed by atoms with E-state index in [-0.39, 0.29) is 18.1 Å². The van der Waals surface area contributed by atoms with Gasteiger partial charge in [-0.25, -0.2) is 0 Å². The topological polar surface area (TPSA) is 41.6 Å². The van der Waals surface area contributed by atoms with Gasteiger partial charge in [-0.05, 0) is 44.3 Å². The SMILES string of the molecule is O=C(N([C@@H]1COC2(CCNCC2)C1)[C@@H]1C[C@H]1c1ccccc1)C(F)(F)F. The second kappa shape index (κ2) is 6.53. The molecular weight excluding hydrogens is 345 g/mol. The van der Waals surface area contributed by atoms with Gasteiger partial charge in [0.05, 0.1) is 18.2 Å². The lowest BCUT2D eigenvalue weighted by molar-refractivity contribution is -0.188. The number of benzene rings is 1. The van der Waals surface area contributed by atoms with Crippen molar-refractivity contribution < 1.29 is 22.7 Å². The molecule has 1 spiro atoms. The number of halogens is 3. The van der Waals surface area contributed by atoms with Crippen LogP contribution in [-0.2, 0) is 9.53 Å². The first kappa shape index (κ1) is 17.8. The Bertz CT molecular complexity index is 658. The molecule has 3 aliphatic rings. The molecular formula is C19H23F3N2O2. The Morgan fingerprint density at radius 2 is 1.88 bits per heavy atom. The van der Waals surface area contributed by atoms with Crippen LogP contribution in [0.1, 0.15) is 37.2 Å². The standard InChI is InChI=1S/C19H23F3N2O2/c20-19(21,22)17(25)24(16-10-15(16)13-4-2-1-3-5-13)14-11-18(26-12-14)6-8-23-9-7-18/h1-5,14-16,23H,6-12H2/t14-,15-,16+/m0/s1. The first-order valence-electron chi connectivity index (χ1n) is 9.19. The minimum atomic E-state index is -4.85. The summed E-state index contributed by atoms with van der Waals surface area (Å²) in [5, 5.41) is 3.25. The maximum absolute atomic E-state index is 13.3. The Morgan fingerprint density at radius 3 is 2.54 bits per heavy atom. The van der Waals surface area contributed by atoms with Crippen molar-refractivity contribution in [2.45, 2.75) is 55.5 Å². The van der Waals surface area contributed by atoms with E-state index in [0.29, 0.717) is 12.8 Å². The van der Waals surface area contributed by atoms with Crippen molar-refractivity contribution in [3.05, 3.63) is 35.9 Å². The number of hydrogen-bond donors (Lipinski definition) is 1. The number of piperidine rings is 1. The minimum absolute atomic E-state index is 0.0212. The molecule has 3 atom stereocenters. The van der Waals surface area contributed by atoms with Crippen LogP contribution in [-0.4, -0.2) is 54.4 Å². The van der Waals surface area contributed by atoms with Gasteiger partial charge >= 0.3 is 12.1 Å². The molecule has 2 saturated heterocycles. The number of nitrogens with one attached hydrogen (secondary N) is 1. The third kappa shape index (κ3) is 3.34. The number of rotatable bonds is 3. The highest BCUT2D eigenvalue weighted by molar-refractivity contribution is 5.83. The lowest BCUT2D eigenvalue weighted by atomic mass is 9.88. The smallest absolute Gasteiger partial charge is 0.373 e. The molecule has 0 bridgehead atoms. The molecule has 2 heterocycles. The highest BCUT2D eigenvalue weighted by atomic mass is 19.4. The molecule has 26 heavy (non-hydrogen) atoms. The van der Waals surface area contributed by atoms with E-state index in [1.165, 1.54) is 0 Å². The maximum atomic E-state index is 13.3.